The first-order chi connectivity index (χ1) is 9.81. The molecule has 2 rings (SSSR count). The summed E-state index contributed by atoms with van der Waals surface area (Å²) in [5.41, 5.74) is 0.296. The Balaban J connectivity index is 2.31. The highest BCUT2D eigenvalue weighted by atomic mass is 79.9. The molecule has 114 valence electrons. The highest BCUT2D eigenvalue weighted by molar-refractivity contribution is 9.10. The van der Waals surface area contributed by atoms with Crippen molar-refractivity contribution < 1.29 is 9.72 Å². The van der Waals surface area contributed by atoms with Crippen molar-refractivity contribution in [3.63, 3.8) is 0 Å². The van der Waals surface area contributed by atoms with Crippen molar-refractivity contribution in [2.45, 2.75) is 33.2 Å². The fourth-order valence-electron chi connectivity index (χ4n) is 2.93. The number of benzene rings is 1. The predicted octanol–water partition coefficient (Wildman–Crippen LogP) is 3.86. The molecule has 0 N–H and O–H groups in total. The van der Waals surface area contributed by atoms with Gasteiger partial charge in [0.15, 0.2) is 0 Å². The standard InChI is InChI=1S/C15H19BrN2O3/c1-9-6-10(2)11(3)17(8-9)15(19)12-4-5-13(16)14(7-12)18(20)21/h4-5,7,9-11H,6,8H2,1-3H3. The van der Waals surface area contributed by atoms with Gasteiger partial charge in [0, 0.05) is 24.2 Å². The maximum absolute atomic E-state index is 12.7. The Morgan fingerprint density at radius 2 is 2.05 bits per heavy atom. The van der Waals surface area contributed by atoms with Gasteiger partial charge < -0.3 is 4.90 Å². The van der Waals surface area contributed by atoms with Crippen LogP contribution in [0.15, 0.2) is 22.7 Å². The Morgan fingerprint density at radius 1 is 1.38 bits per heavy atom. The van der Waals surface area contributed by atoms with Crippen LogP contribution >= 0.6 is 15.9 Å². The van der Waals surface area contributed by atoms with Crippen molar-refractivity contribution in [1.29, 1.82) is 0 Å². The minimum atomic E-state index is -0.480. The molecule has 1 amide bonds. The summed E-state index contributed by atoms with van der Waals surface area (Å²) >= 11 is 3.14. The minimum Gasteiger partial charge on any atom is -0.335 e. The second-order valence-electron chi connectivity index (χ2n) is 5.94. The molecule has 3 unspecified atom stereocenters. The van der Waals surface area contributed by atoms with E-state index in [4.69, 9.17) is 0 Å². The quantitative estimate of drug-likeness (QED) is 0.598. The molecule has 1 aromatic rings. The number of carbonyl (C=O) groups is 1. The third-order valence-electron chi connectivity index (χ3n) is 4.25. The first-order valence-electron chi connectivity index (χ1n) is 7.06. The molecule has 3 atom stereocenters. The number of hydrogen-bond acceptors (Lipinski definition) is 3. The van der Waals surface area contributed by atoms with Crippen LogP contribution in [0.5, 0.6) is 0 Å². The molecule has 1 heterocycles. The second-order valence-corrected chi connectivity index (χ2v) is 6.79. The topological polar surface area (TPSA) is 63.5 Å². The number of hydrogen-bond donors (Lipinski definition) is 0. The normalized spacial score (nSPS) is 25.7. The first kappa shape index (κ1) is 15.9. The number of likely N-dealkylation sites (tertiary alicyclic amines) is 1. The van der Waals surface area contributed by atoms with Crippen LogP contribution in [-0.2, 0) is 0 Å². The summed E-state index contributed by atoms with van der Waals surface area (Å²) in [4.78, 5) is 25.0. The van der Waals surface area contributed by atoms with Gasteiger partial charge in [0.1, 0.15) is 0 Å². The van der Waals surface area contributed by atoms with Crippen LogP contribution < -0.4 is 0 Å². The number of carbonyl (C=O) groups excluding carboxylic acids is 1. The van der Waals surface area contributed by atoms with Gasteiger partial charge >= 0.3 is 0 Å². The molecular formula is C15H19BrN2O3. The molecule has 1 aliphatic rings. The monoisotopic (exact) mass is 354 g/mol. The van der Waals surface area contributed by atoms with Crippen LogP contribution in [-0.4, -0.2) is 28.3 Å². The van der Waals surface area contributed by atoms with Gasteiger partial charge in [-0.1, -0.05) is 13.8 Å². The lowest BCUT2D eigenvalue weighted by atomic mass is 9.85. The van der Waals surface area contributed by atoms with Crippen LogP contribution in [0, 0.1) is 22.0 Å². The van der Waals surface area contributed by atoms with E-state index in [1.807, 2.05) is 11.8 Å². The van der Waals surface area contributed by atoms with Gasteiger partial charge in [-0.15, -0.1) is 0 Å². The van der Waals surface area contributed by atoms with Gasteiger partial charge in [0.05, 0.1) is 9.40 Å². The molecule has 0 saturated carbocycles. The minimum absolute atomic E-state index is 0.0772. The van der Waals surface area contributed by atoms with Gasteiger partial charge in [-0.2, -0.15) is 0 Å². The van der Waals surface area contributed by atoms with Crippen LogP contribution in [0.4, 0.5) is 5.69 Å². The molecule has 1 aromatic carbocycles. The van der Waals surface area contributed by atoms with E-state index in [9.17, 15) is 14.9 Å². The summed E-state index contributed by atoms with van der Waals surface area (Å²) in [5.74, 6) is 0.755. The van der Waals surface area contributed by atoms with E-state index in [1.165, 1.54) is 6.07 Å². The molecule has 6 heteroatoms. The van der Waals surface area contributed by atoms with Crippen molar-refractivity contribution in [3.8, 4) is 0 Å². The molecule has 1 fully saturated rings. The first-order valence-corrected chi connectivity index (χ1v) is 7.85. The van der Waals surface area contributed by atoms with E-state index in [2.05, 4.69) is 29.8 Å². The Hall–Kier alpha value is -1.43. The van der Waals surface area contributed by atoms with Gasteiger partial charge in [0.2, 0.25) is 0 Å². The fourth-order valence-corrected chi connectivity index (χ4v) is 3.33. The highest BCUT2D eigenvalue weighted by Gasteiger charge is 2.32. The lowest BCUT2D eigenvalue weighted by Gasteiger charge is -2.41. The Labute approximate surface area is 132 Å². The molecule has 0 aromatic heterocycles. The maximum Gasteiger partial charge on any atom is 0.284 e. The SMILES string of the molecule is CC1CC(C)C(C)N(C(=O)c2ccc(Br)c([N+](=O)[O-])c2)C1. The Bertz CT molecular complexity index is 576. The van der Waals surface area contributed by atoms with E-state index in [0.29, 0.717) is 28.4 Å². The number of rotatable bonds is 2. The summed E-state index contributed by atoms with van der Waals surface area (Å²) in [6.45, 7) is 7.02. The number of amides is 1. The molecule has 21 heavy (non-hydrogen) atoms. The molecular weight excluding hydrogens is 336 g/mol. The summed E-state index contributed by atoms with van der Waals surface area (Å²) in [7, 11) is 0. The van der Waals surface area contributed by atoms with E-state index in [-0.39, 0.29) is 17.6 Å². The van der Waals surface area contributed by atoms with Crippen LogP contribution in [0.3, 0.4) is 0 Å². The van der Waals surface area contributed by atoms with Crippen LogP contribution in [0.25, 0.3) is 0 Å². The Morgan fingerprint density at radius 3 is 2.67 bits per heavy atom. The van der Waals surface area contributed by atoms with Crippen LogP contribution in [0.1, 0.15) is 37.6 Å². The summed E-state index contributed by atoms with van der Waals surface area (Å²) < 4.78 is 0.387. The predicted molar refractivity (Wildman–Crippen MR) is 84.2 cm³/mol. The van der Waals surface area contributed by atoms with Crippen molar-refractivity contribution >= 4 is 27.5 Å². The molecule has 5 nitrogen and oxygen atoms in total. The van der Waals surface area contributed by atoms with Crippen molar-refractivity contribution in [2.24, 2.45) is 11.8 Å². The largest absolute Gasteiger partial charge is 0.335 e. The number of nitro groups is 1. The molecule has 0 spiro atoms. The number of nitrogens with zero attached hydrogens (tertiary/aromatic N) is 2. The van der Waals surface area contributed by atoms with E-state index < -0.39 is 4.92 Å². The Kier molecular flexibility index (Phi) is 4.66. The van der Waals surface area contributed by atoms with E-state index in [1.54, 1.807) is 12.1 Å². The van der Waals surface area contributed by atoms with E-state index >= 15 is 0 Å². The maximum atomic E-state index is 12.7. The molecule has 1 aliphatic heterocycles. The second kappa shape index (κ2) is 6.13. The number of nitro benzene ring substituents is 1. The zero-order valence-corrected chi connectivity index (χ0v) is 14.0. The van der Waals surface area contributed by atoms with E-state index in [0.717, 1.165) is 6.42 Å². The van der Waals surface area contributed by atoms with Crippen molar-refractivity contribution in [2.75, 3.05) is 6.54 Å². The average molecular weight is 355 g/mol. The molecule has 0 bridgehead atoms. The lowest BCUT2D eigenvalue weighted by Crippen LogP contribution is -2.48. The summed E-state index contributed by atoms with van der Waals surface area (Å²) in [6, 6.07) is 4.70. The third-order valence-corrected chi connectivity index (χ3v) is 4.92. The average Bonchev–Trinajstić information content (AvgIpc) is 2.42. The smallest absolute Gasteiger partial charge is 0.284 e. The van der Waals surface area contributed by atoms with Gasteiger partial charge in [-0.3, -0.25) is 14.9 Å². The van der Waals surface area contributed by atoms with Gasteiger partial charge in [-0.05, 0) is 53.2 Å². The lowest BCUT2D eigenvalue weighted by molar-refractivity contribution is -0.385. The molecule has 0 radical (unpaired) electrons. The summed E-state index contributed by atoms with van der Waals surface area (Å²) in [5, 5.41) is 11.0. The molecule has 0 aliphatic carbocycles. The van der Waals surface area contributed by atoms with Crippen molar-refractivity contribution in [1.82, 2.24) is 4.90 Å². The third kappa shape index (κ3) is 3.26. The van der Waals surface area contributed by atoms with Gasteiger partial charge in [0.25, 0.3) is 11.6 Å². The number of halogens is 1. The highest BCUT2D eigenvalue weighted by Crippen LogP contribution is 2.30. The zero-order valence-electron chi connectivity index (χ0n) is 12.4. The zero-order chi connectivity index (χ0) is 15.7. The number of piperidine rings is 1. The van der Waals surface area contributed by atoms with Crippen LogP contribution in [0.2, 0.25) is 0 Å². The van der Waals surface area contributed by atoms with Gasteiger partial charge in [-0.25, -0.2) is 0 Å². The summed E-state index contributed by atoms with van der Waals surface area (Å²) in [6.07, 6.45) is 1.10. The fraction of sp³-hybridized carbons (Fsp3) is 0.533. The molecule has 1 saturated heterocycles. The van der Waals surface area contributed by atoms with Crippen molar-refractivity contribution in [3.05, 3.63) is 38.3 Å².